The lowest BCUT2D eigenvalue weighted by molar-refractivity contribution is -0.150. The van der Waals surface area contributed by atoms with Gasteiger partial charge in [-0.05, 0) is 77.2 Å². The number of Topliss-reactive ketones (excluding diaryl/α,β-unsaturated/α-hetero) is 2. The molecule has 2 bridgehead atoms. The molecule has 226 valence electrons. The molecule has 6 nitrogen and oxygen atoms in total. The monoisotopic (exact) mass is 589 g/mol. The summed E-state index contributed by atoms with van der Waals surface area (Å²) < 4.78 is 10.9. The van der Waals surface area contributed by atoms with Crippen LogP contribution in [0.25, 0.3) is 10.9 Å². The molecule has 2 aromatic carbocycles. The number of fused-ring (bicyclic) bond motifs is 10. The van der Waals surface area contributed by atoms with Crippen LogP contribution in [0.5, 0.6) is 5.75 Å². The van der Waals surface area contributed by atoms with Crippen LogP contribution in [-0.4, -0.2) is 36.7 Å². The number of nitrogens with one attached hydrogen (secondary N) is 1. The van der Waals surface area contributed by atoms with Gasteiger partial charge in [0, 0.05) is 40.3 Å². The maximum Gasteiger partial charge on any atom is 0.309 e. The maximum absolute atomic E-state index is 15.2. The third-order valence-corrected chi connectivity index (χ3v) is 13.8. The van der Waals surface area contributed by atoms with E-state index in [0.717, 1.165) is 59.2 Å². The molecular formula is C38H39NO5. The first kappa shape index (κ1) is 26.7. The first-order valence-electron chi connectivity index (χ1n) is 16.4. The van der Waals surface area contributed by atoms with Gasteiger partial charge in [-0.25, -0.2) is 0 Å². The fraction of sp³-hybridized carbons (Fsp3) is 0.500. The van der Waals surface area contributed by atoms with Gasteiger partial charge in [0.2, 0.25) is 0 Å². The van der Waals surface area contributed by atoms with Gasteiger partial charge in [0.05, 0.1) is 26.1 Å². The zero-order valence-electron chi connectivity index (χ0n) is 25.6. The van der Waals surface area contributed by atoms with Crippen molar-refractivity contribution >= 4 is 28.4 Å². The van der Waals surface area contributed by atoms with Crippen molar-refractivity contribution in [2.45, 2.75) is 56.8 Å². The summed E-state index contributed by atoms with van der Waals surface area (Å²) in [6.45, 7) is 2.41. The highest BCUT2D eigenvalue weighted by molar-refractivity contribution is 5.99. The second kappa shape index (κ2) is 8.74. The van der Waals surface area contributed by atoms with Crippen LogP contribution in [0.4, 0.5) is 0 Å². The number of hydrogen-bond acceptors (Lipinski definition) is 5. The predicted octanol–water partition coefficient (Wildman–Crippen LogP) is 6.33. The van der Waals surface area contributed by atoms with E-state index in [1.165, 1.54) is 7.11 Å². The Morgan fingerprint density at radius 2 is 1.73 bits per heavy atom. The van der Waals surface area contributed by atoms with E-state index in [-0.39, 0.29) is 58.0 Å². The Bertz CT molecular complexity index is 1790. The molecule has 6 aliphatic carbocycles. The second-order valence-corrected chi connectivity index (χ2v) is 14.7. The fourth-order valence-corrected chi connectivity index (χ4v) is 12.3. The van der Waals surface area contributed by atoms with Gasteiger partial charge < -0.3 is 14.5 Å². The molecule has 10 atom stereocenters. The molecule has 1 aromatic heterocycles. The Kier molecular flexibility index (Phi) is 5.30. The van der Waals surface area contributed by atoms with Crippen LogP contribution in [0.1, 0.15) is 61.8 Å². The summed E-state index contributed by atoms with van der Waals surface area (Å²) in [6.07, 6.45) is 9.95. The van der Waals surface area contributed by atoms with E-state index in [0.29, 0.717) is 12.8 Å². The van der Waals surface area contributed by atoms with E-state index in [9.17, 15) is 9.59 Å². The summed E-state index contributed by atoms with van der Waals surface area (Å²) in [5.41, 5.74) is 3.32. The van der Waals surface area contributed by atoms with Crippen molar-refractivity contribution < 1.29 is 23.9 Å². The average Bonchev–Trinajstić information content (AvgIpc) is 3.71. The molecule has 9 rings (SSSR count). The number of carbonyl (C=O) groups is 3. The molecule has 0 aliphatic heterocycles. The molecule has 6 heteroatoms. The lowest BCUT2D eigenvalue weighted by Gasteiger charge is -2.51. The summed E-state index contributed by atoms with van der Waals surface area (Å²) in [5.74, 6) is -0.825. The molecule has 4 fully saturated rings. The van der Waals surface area contributed by atoms with Crippen LogP contribution < -0.4 is 4.74 Å². The Balaban J connectivity index is 1.25. The largest absolute Gasteiger partial charge is 0.497 e. The minimum atomic E-state index is -0.464. The number of benzene rings is 2. The number of ether oxygens (including phenoxy) is 2. The quantitative estimate of drug-likeness (QED) is 0.285. The van der Waals surface area contributed by atoms with Gasteiger partial charge in [-0.15, -0.1) is 0 Å². The fourth-order valence-electron chi connectivity index (χ4n) is 12.3. The van der Waals surface area contributed by atoms with E-state index < -0.39 is 17.3 Å². The first-order chi connectivity index (χ1) is 21.3. The number of aromatic amines is 1. The van der Waals surface area contributed by atoms with Crippen LogP contribution in [0.2, 0.25) is 0 Å². The Labute approximate surface area is 257 Å². The molecule has 1 N–H and O–H groups in total. The number of aromatic nitrogens is 1. The van der Waals surface area contributed by atoms with Gasteiger partial charge in [-0.2, -0.15) is 0 Å². The first-order valence-corrected chi connectivity index (χ1v) is 16.4. The molecule has 0 saturated heterocycles. The van der Waals surface area contributed by atoms with Crippen molar-refractivity contribution in [2.24, 2.45) is 46.3 Å². The highest BCUT2D eigenvalue weighted by Gasteiger charge is 2.81. The number of H-pyrrole nitrogens is 1. The summed E-state index contributed by atoms with van der Waals surface area (Å²) in [7, 11) is 3.13. The molecule has 4 saturated carbocycles. The minimum absolute atomic E-state index is 0.0737. The average molecular weight is 590 g/mol. The summed E-state index contributed by atoms with van der Waals surface area (Å²) >= 11 is 0. The van der Waals surface area contributed by atoms with Crippen LogP contribution in [0.3, 0.4) is 0 Å². The molecule has 1 heterocycles. The third kappa shape index (κ3) is 2.83. The van der Waals surface area contributed by atoms with E-state index >= 15 is 4.79 Å². The van der Waals surface area contributed by atoms with Crippen molar-refractivity contribution in [3.63, 3.8) is 0 Å². The van der Waals surface area contributed by atoms with Gasteiger partial charge in [-0.3, -0.25) is 14.4 Å². The number of para-hydroxylation sites is 1. The van der Waals surface area contributed by atoms with Crippen LogP contribution in [0.15, 0.2) is 60.7 Å². The molecule has 0 unspecified atom stereocenters. The lowest BCUT2D eigenvalue weighted by atomic mass is 9.52. The van der Waals surface area contributed by atoms with E-state index in [1.807, 2.05) is 30.3 Å². The number of methoxy groups -OCH3 is 2. The van der Waals surface area contributed by atoms with Crippen LogP contribution >= 0.6 is 0 Å². The Hall–Kier alpha value is -3.67. The number of hydrogen-bond donors (Lipinski definition) is 1. The molecule has 3 aromatic rings. The normalized spacial score (nSPS) is 41.1. The molecule has 0 spiro atoms. The zero-order valence-corrected chi connectivity index (χ0v) is 25.6. The van der Waals surface area contributed by atoms with E-state index in [4.69, 9.17) is 9.47 Å². The summed E-state index contributed by atoms with van der Waals surface area (Å²) in [5, 5.41) is 1.08. The van der Waals surface area contributed by atoms with Crippen LogP contribution in [-0.2, 0) is 31.0 Å². The van der Waals surface area contributed by atoms with Crippen molar-refractivity contribution in [1.29, 1.82) is 0 Å². The van der Waals surface area contributed by atoms with Crippen molar-refractivity contribution in [2.75, 3.05) is 14.2 Å². The van der Waals surface area contributed by atoms with Gasteiger partial charge in [0.15, 0.2) is 0 Å². The van der Waals surface area contributed by atoms with Gasteiger partial charge in [0.25, 0.3) is 0 Å². The summed E-state index contributed by atoms with van der Waals surface area (Å²) in [6, 6.07) is 16.5. The molecule has 44 heavy (non-hydrogen) atoms. The van der Waals surface area contributed by atoms with Gasteiger partial charge >= 0.3 is 5.97 Å². The number of ketones is 2. The highest BCUT2D eigenvalue weighted by atomic mass is 16.5. The molecule has 0 radical (unpaired) electrons. The Morgan fingerprint density at radius 3 is 2.50 bits per heavy atom. The molecule has 6 aliphatic rings. The SMILES string of the molecule is COC(=O)[C@@H]1Cc2c([nH]c3ccccc23)[C@@H]2C(=O)[C@@H]3[C@@H](CC(=O)[C@@H]4[C@H]3[C@]35C=C[C@@]4(c4ccc(OC)cc4)[C@@]3(C)CCCC5)[C@H]12. The maximum atomic E-state index is 15.2. The topological polar surface area (TPSA) is 85.5 Å². The number of carbonyl (C=O) groups excluding carboxylic acids is 3. The second-order valence-electron chi connectivity index (χ2n) is 14.7. The van der Waals surface area contributed by atoms with Crippen molar-refractivity contribution in [3.05, 3.63) is 77.5 Å². The Morgan fingerprint density at radius 1 is 0.955 bits per heavy atom. The zero-order chi connectivity index (χ0) is 30.2. The van der Waals surface area contributed by atoms with E-state index in [1.54, 1.807) is 7.11 Å². The number of esters is 1. The smallest absolute Gasteiger partial charge is 0.309 e. The summed E-state index contributed by atoms with van der Waals surface area (Å²) in [4.78, 5) is 47.1. The molecular weight excluding hydrogens is 550 g/mol. The van der Waals surface area contributed by atoms with Crippen molar-refractivity contribution in [1.82, 2.24) is 4.98 Å². The number of rotatable bonds is 3. The minimum Gasteiger partial charge on any atom is -0.497 e. The standard InChI is InChI=1S/C38H39NO5/c1-36-14-6-7-15-37(36)16-17-38(36,20-10-12-21(43-2)13-11-20)31-27(40)19-24-28-25(35(42)44-3)18-23-22-8-4-5-9-26(22)39-33(23)30(28)34(41)29(24)32(31)37/h4-5,8-13,16-17,24-25,28-32,39H,6-7,14-15,18-19H2,1-3H3/t24-,25+,28+,29+,30+,31+,32-,36-,37-,38-/m0/s1. The number of allylic oxidation sites excluding steroid dienone is 2. The lowest BCUT2D eigenvalue weighted by Crippen LogP contribution is -2.50. The van der Waals surface area contributed by atoms with Gasteiger partial charge in [0.1, 0.15) is 17.3 Å². The highest BCUT2D eigenvalue weighted by Crippen LogP contribution is 2.82. The van der Waals surface area contributed by atoms with Crippen molar-refractivity contribution in [3.8, 4) is 5.75 Å². The molecule has 0 amide bonds. The third-order valence-electron chi connectivity index (χ3n) is 13.8. The van der Waals surface area contributed by atoms with E-state index in [2.05, 4.69) is 42.3 Å². The van der Waals surface area contributed by atoms with Gasteiger partial charge in [-0.1, -0.05) is 62.2 Å². The van der Waals surface area contributed by atoms with Crippen LogP contribution in [0, 0.1) is 46.3 Å². The predicted molar refractivity (Wildman–Crippen MR) is 165 cm³/mol.